The molecule has 1 heterocycles. The summed E-state index contributed by atoms with van der Waals surface area (Å²) in [5.41, 5.74) is 0.862. The molecule has 2 aromatic rings. The van der Waals surface area contributed by atoms with Crippen LogP contribution in [0.25, 0.3) is 0 Å². The van der Waals surface area contributed by atoms with Gasteiger partial charge in [0.25, 0.3) is 0 Å². The van der Waals surface area contributed by atoms with Gasteiger partial charge in [0.1, 0.15) is 5.75 Å². The molecule has 0 amide bonds. The highest BCUT2D eigenvalue weighted by molar-refractivity contribution is 7.98. The van der Waals surface area contributed by atoms with Gasteiger partial charge in [-0.05, 0) is 41.0 Å². The van der Waals surface area contributed by atoms with Gasteiger partial charge in [-0.2, -0.15) is 13.2 Å². The van der Waals surface area contributed by atoms with Crippen LogP contribution in [0, 0.1) is 0 Å². The predicted octanol–water partition coefficient (Wildman–Crippen LogP) is 4.02. The van der Waals surface area contributed by atoms with Crippen LogP contribution in [0.5, 0.6) is 5.75 Å². The van der Waals surface area contributed by atoms with Crippen LogP contribution in [0.1, 0.15) is 37.3 Å². The quantitative estimate of drug-likeness (QED) is 0.730. The number of rotatable bonds is 6. The van der Waals surface area contributed by atoms with Gasteiger partial charge in [0, 0.05) is 5.75 Å². The minimum atomic E-state index is -4.34. The second-order valence-electron chi connectivity index (χ2n) is 5.68. The van der Waals surface area contributed by atoms with E-state index in [1.165, 1.54) is 30.7 Å². The largest absolute Gasteiger partial charge is 0.484 e. The first-order valence-corrected chi connectivity index (χ1v) is 8.69. The summed E-state index contributed by atoms with van der Waals surface area (Å²) in [6.07, 6.45) is 0.202. The van der Waals surface area contributed by atoms with E-state index in [1.807, 2.05) is 10.7 Å². The summed E-state index contributed by atoms with van der Waals surface area (Å²) >= 11 is 1.48. The average Bonchev–Trinajstić information content (AvgIpc) is 3.21. The Morgan fingerprint density at radius 1 is 1.25 bits per heavy atom. The molecule has 0 spiro atoms. The van der Waals surface area contributed by atoms with E-state index in [-0.39, 0.29) is 5.75 Å². The zero-order valence-electron chi connectivity index (χ0n) is 12.9. The van der Waals surface area contributed by atoms with E-state index < -0.39 is 12.8 Å². The third-order valence-corrected chi connectivity index (χ3v) is 4.81. The predicted molar refractivity (Wildman–Crippen MR) is 82.9 cm³/mol. The third-order valence-electron chi connectivity index (χ3n) is 3.80. The molecule has 0 radical (unpaired) electrons. The Balaban J connectivity index is 1.60. The Hall–Kier alpha value is -1.77. The lowest BCUT2D eigenvalue weighted by Crippen LogP contribution is -2.19. The molecule has 1 aliphatic rings. The normalized spacial score (nSPS) is 15.8. The molecule has 1 aromatic heterocycles. The van der Waals surface area contributed by atoms with Gasteiger partial charge in [-0.1, -0.05) is 36.7 Å². The Morgan fingerprint density at radius 3 is 2.79 bits per heavy atom. The highest BCUT2D eigenvalue weighted by Gasteiger charge is 2.28. The van der Waals surface area contributed by atoms with Gasteiger partial charge in [0.05, 0.1) is 6.04 Å². The maximum atomic E-state index is 12.2. The SMILES string of the molecule is FC(F)(F)COc1cccc(CSc2nnnn2C2CCCC2)c1. The van der Waals surface area contributed by atoms with Gasteiger partial charge in [0.15, 0.2) is 6.61 Å². The number of thioether (sulfide) groups is 1. The molecule has 1 aromatic carbocycles. The molecule has 3 rings (SSSR count). The lowest BCUT2D eigenvalue weighted by molar-refractivity contribution is -0.153. The monoisotopic (exact) mass is 358 g/mol. The first-order valence-electron chi connectivity index (χ1n) is 7.70. The molecule has 0 bridgehead atoms. The molecule has 1 fully saturated rings. The highest BCUT2D eigenvalue weighted by atomic mass is 32.2. The molecule has 0 N–H and O–H groups in total. The Kier molecular flexibility index (Phi) is 5.27. The number of tetrazole rings is 1. The number of alkyl halides is 3. The average molecular weight is 358 g/mol. The van der Waals surface area contributed by atoms with Crippen molar-refractivity contribution in [2.75, 3.05) is 6.61 Å². The fourth-order valence-corrected chi connectivity index (χ4v) is 3.58. The van der Waals surface area contributed by atoms with Gasteiger partial charge in [-0.25, -0.2) is 4.68 Å². The van der Waals surface area contributed by atoms with Crippen LogP contribution in [-0.2, 0) is 5.75 Å². The molecule has 0 atom stereocenters. The van der Waals surface area contributed by atoms with Crippen LogP contribution in [0.2, 0.25) is 0 Å². The first-order chi connectivity index (χ1) is 11.5. The smallest absolute Gasteiger partial charge is 0.422 e. The van der Waals surface area contributed by atoms with E-state index in [2.05, 4.69) is 15.5 Å². The maximum absolute atomic E-state index is 12.2. The number of hydrogen-bond acceptors (Lipinski definition) is 5. The highest BCUT2D eigenvalue weighted by Crippen LogP contribution is 2.32. The van der Waals surface area contributed by atoms with Crippen molar-refractivity contribution in [1.82, 2.24) is 20.2 Å². The fraction of sp³-hybridized carbons (Fsp3) is 0.533. The van der Waals surface area contributed by atoms with E-state index in [0.29, 0.717) is 11.8 Å². The molecule has 1 aliphatic carbocycles. The van der Waals surface area contributed by atoms with Gasteiger partial charge >= 0.3 is 6.18 Å². The molecular weight excluding hydrogens is 341 g/mol. The number of aromatic nitrogens is 4. The van der Waals surface area contributed by atoms with Gasteiger partial charge in [-0.15, -0.1) is 5.10 Å². The number of ether oxygens (including phenoxy) is 1. The Morgan fingerprint density at radius 2 is 2.04 bits per heavy atom. The van der Waals surface area contributed by atoms with E-state index in [1.54, 1.807) is 12.1 Å². The third kappa shape index (κ3) is 4.62. The molecule has 130 valence electrons. The zero-order valence-corrected chi connectivity index (χ0v) is 13.7. The van der Waals surface area contributed by atoms with Crippen LogP contribution in [-0.4, -0.2) is 33.0 Å². The summed E-state index contributed by atoms with van der Waals surface area (Å²) < 4.78 is 43.3. The number of benzene rings is 1. The maximum Gasteiger partial charge on any atom is 0.422 e. The minimum absolute atomic E-state index is 0.209. The van der Waals surface area contributed by atoms with E-state index in [9.17, 15) is 13.2 Å². The summed E-state index contributed by atoms with van der Waals surface area (Å²) in [5.74, 6) is 0.775. The summed E-state index contributed by atoms with van der Waals surface area (Å²) in [4.78, 5) is 0. The topological polar surface area (TPSA) is 52.8 Å². The molecule has 0 saturated heterocycles. The molecule has 5 nitrogen and oxygen atoms in total. The van der Waals surface area contributed by atoms with Crippen LogP contribution in [0.3, 0.4) is 0 Å². The van der Waals surface area contributed by atoms with E-state index >= 15 is 0 Å². The van der Waals surface area contributed by atoms with Crippen molar-refractivity contribution in [2.45, 2.75) is 48.8 Å². The summed E-state index contributed by atoms with van der Waals surface area (Å²) in [6.45, 7) is -1.29. The van der Waals surface area contributed by atoms with Gasteiger partial charge in [-0.3, -0.25) is 0 Å². The lowest BCUT2D eigenvalue weighted by atomic mass is 10.2. The Bertz CT molecular complexity index is 671. The van der Waals surface area contributed by atoms with E-state index in [4.69, 9.17) is 4.74 Å². The molecule has 24 heavy (non-hydrogen) atoms. The van der Waals surface area contributed by atoms with Crippen molar-refractivity contribution >= 4 is 11.8 Å². The van der Waals surface area contributed by atoms with Crippen molar-refractivity contribution in [3.63, 3.8) is 0 Å². The van der Waals surface area contributed by atoms with Crippen LogP contribution >= 0.6 is 11.8 Å². The molecule has 0 aliphatic heterocycles. The van der Waals surface area contributed by atoms with Crippen molar-refractivity contribution in [1.29, 1.82) is 0 Å². The first kappa shape index (κ1) is 17.1. The Labute approximate surface area is 141 Å². The van der Waals surface area contributed by atoms with Crippen LogP contribution in [0.4, 0.5) is 13.2 Å². The summed E-state index contributed by atoms with van der Waals surface area (Å²) in [6, 6.07) is 7.01. The lowest BCUT2D eigenvalue weighted by Gasteiger charge is -2.11. The fourth-order valence-electron chi connectivity index (χ4n) is 2.70. The van der Waals surface area contributed by atoms with Crippen molar-refractivity contribution in [3.8, 4) is 5.75 Å². The second-order valence-corrected chi connectivity index (χ2v) is 6.63. The molecule has 1 saturated carbocycles. The number of hydrogen-bond donors (Lipinski definition) is 0. The van der Waals surface area contributed by atoms with Crippen LogP contribution < -0.4 is 4.74 Å². The van der Waals surface area contributed by atoms with E-state index in [0.717, 1.165) is 23.6 Å². The molecular formula is C15H17F3N4OS. The molecule has 9 heteroatoms. The molecule has 0 unspecified atom stereocenters. The number of nitrogens with zero attached hydrogens (tertiary/aromatic N) is 4. The second kappa shape index (κ2) is 7.42. The zero-order chi connectivity index (χ0) is 17.0. The van der Waals surface area contributed by atoms with Crippen LogP contribution in [0.15, 0.2) is 29.4 Å². The number of halogens is 3. The minimum Gasteiger partial charge on any atom is -0.484 e. The summed E-state index contributed by atoms with van der Waals surface area (Å²) in [5, 5.41) is 12.6. The van der Waals surface area contributed by atoms with Crippen molar-refractivity contribution in [2.24, 2.45) is 0 Å². The van der Waals surface area contributed by atoms with Crippen molar-refractivity contribution < 1.29 is 17.9 Å². The van der Waals surface area contributed by atoms with Gasteiger partial charge in [0.2, 0.25) is 5.16 Å². The van der Waals surface area contributed by atoms with Gasteiger partial charge < -0.3 is 4.74 Å². The van der Waals surface area contributed by atoms with Crippen molar-refractivity contribution in [3.05, 3.63) is 29.8 Å². The summed E-state index contributed by atoms with van der Waals surface area (Å²) in [7, 11) is 0. The standard InChI is InChI=1S/C15H17F3N4OS/c16-15(17,18)10-23-13-7-3-4-11(8-13)9-24-14-19-20-21-22(14)12-5-1-2-6-12/h3-4,7-8,12H,1-2,5-6,9-10H2.